The van der Waals surface area contributed by atoms with Crippen LogP contribution in [0.4, 0.5) is 23.2 Å². The van der Waals surface area contributed by atoms with Gasteiger partial charge in [0.2, 0.25) is 5.91 Å². The highest BCUT2D eigenvalue weighted by atomic mass is 19.4. The first-order chi connectivity index (χ1) is 15.1. The fraction of sp³-hybridized carbons (Fsp3) is 0.273. The molecule has 0 aliphatic carbocycles. The fourth-order valence-corrected chi connectivity index (χ4v) is 3.88. The van der Waals surface area contributed by atoms with Crippen LogP contribution in [0.25, 0.3) is 10.8 Å². The molecule has 2 aromatic carbocycles. The van der Waals surface area contributed by atoms with Crippen molar-refractivity contribution in [3.8, 4) is 0 Å². The number of aromatic nitrogens is 1. The Balaban J connectivity index is 1.59. The summed E-state index contributed by atoms with van der Waals surface area (Å²) in [7, 11) is 0. The molecular weight excluding hydrogens is 430 g/mol. The third kappa shape index (κ3) is 4.23. The Kier molecular flexibility index (Phi) is 5.74. The standard InChI is InChI=1S/C22H19F4N3O3/c23-16-5-4-12(8-15(16)22(24,25)26)9-20(31)28-17-3-1-2-14-13(17)6-7-29(21(14)32)18-10-27-11-19(18)30/h1-8,18-19,27,30H,9-11H2,(H,28,31). The number of β-amino-alcohol motifs (C(OH)–C–C–N with tert-alkyl or cyclic N) is 1. The van der Waals surface area contributed by atoms with Gasteiger partial charge in [-0.05, 0) is 35.9 Å². The maximum Gasteiger partial charge on any atom is 0.419 e. The van der Waals surface area contributed by atoms with Gasteiger partial charge in [0.05, 0.1) is 24.1 Å². The van der Waals surface area contributed by atoms with Crippen LogP contribution >= 0.6 is 0 Å². The van der Waals surface area contributed by atoms with Crippen molar-refractivity contribution >= 4 is 22.4 Å². The van der Waals surface area contributed by atoms with Crippen molar-refractivity contribution in [3.05, 3.63) is 76.0 Å². The topological polar surface area (TPSA) is 83.4 Å². The number of pyridine rings is 1. The van der Waals surface area contributed by atoms with Gasteiger partial charge in [0.15, 0.2) is 0 Å². The minimum Gasteiger partial charge on any atom is -0.390 e. The molecule has 0 saturated carbocycles. The average molecular weight is 449 g/mol. The highest BCUT2D eigenvalue weighted by molar-refractivity contribution is 6.02. The summed E-state index contributed by atoms with van der Waals surface area (Å²) in [5.41, 5.74) is -1.45. The predicted octanol–water partition coefficient (Wildman–Crippen LogP) is 2.85. The molecule has 1 fully saturated rings. The van der Waals surface area contributed by atoms with E-state index in [9.17, 15) is 32.3 Å². The maximum absolute atomic E-state index is 13.5. The number of benzene rings is 2. The largest absolute Gasteiger partial charge is 0.419 e. The van der Waals surface area contributed by atoms with Gasteiger partial charge in [-0.25, -0.2) is 4.39 Å². The molecule has 1 aromatic heterocycles. The van der Waals surface area contributed by atoms with E-state index in [2.05, 4.69) is 10.6 Å². The third-order valence-corrected chi connectivity index (χ3v) is 5.46. The number of halogens is 4. The average Bonchev–Trinajstić information content (AvgIpc) is 3.15. The van der Waals surface area contributed by atoms with Gasteiger partial charge in [-0.1, -0.05) is 12.1 Å². The lowest BCUT2D eigenvalue weighted by molar-refractivity contribution is -0.140. The van der Waals surface area contributed by atoms with Crippen LogP contribution in [0, 0.1) is 5.82 Å². The monoisotopic (exact) mass is 449 g/mol. The number of rotatable bonds is 4. The number of amides is 1. The highest BCUT2D eigenvalue weighted by Gasteiger charge is 2.34. The zero-order valence-corrected chi connectivity index (χ0v) is 16.6. The Morgan fingerprint density at radius 3 is 2.62 bits per heavy atom. The summed E-state index contributed by atoms with van der Waals surface area (Å²) in [5.74, 6) is -2.02. The smallest absolute Gasteiger partial charge is 0.390 e. The summed E-state index contributed by atoms with van der Waals surface area (Å²) in [5, 5.41) is 16.5. The van der Waals surface area contributed by atoms with E-state index >= 15 is 0 Å². The Labute approximate surface area is 179 Å². The van der Waals surface area contributed by atoms with E-state index in [1.165, 1.54) is 10.8 Å². The molecular formula is C22H19F4N3O3. The molecule has 10 heteroatoms. The van der Waals surface area contributed by atoms with Crippen molar-refractivity contribution in [2.45, 2.75) is 24.7 Å². The molecule has 2 unspecified atom stereocenters. The molecule has 3 N–H and O–H groups in total. The van der Waals surface area contributed by atoms with Crippen LogP contribution in [-0.4, -0.2) is 34.8 Å². The molecule has 6 nitrogen and oxygen atoms in total. The number of aliphatic hydroxyl groups is 1. The van der Waals surface area contributed by atoms with Crippen molar-refractivity contribution in [2.75, 3.05) is 18.4 Å². The number of nitrogens with zero attached hydrogens (tertiary/aromatic N) is 1. The molecule has 32 heavy (non-hydrogen) atoms. The summed E-state index contributed by atoms with van der Waals surface area (Å²) in [4.78, 5) is 25.4. The van der Waals surface area contributed by atoms with Crippen LogP contribution in [0.1, 0.15) is 17.2 Å². The SMILES string of the molecule is O=C(Cc1ccc(F)c(C(F)(F)F)c1)Nc1cccc2c(=O)n(C3CNCC3O)ccc12. The van der Waals surface area contributed by atoms with Crippen molar-refractivity contribution in [2.24, 2.45) is 0 Å². The first kappa shape index (κ1) is 22.0. The van der Waals surface area contributed by atoms with Gasteiger partial charge in [0, 0.05) is 35.7 Å². The van der Waals surface area contributed by atoms with Gasteiger partial charge >= 0.3 is 6.18 Å². The Morgan fingerprint density at radius 2 is 1.94 bits per heavy atom. The Hall–Kier alpha value is -3.24. The molecule has 2 heterocycles. The summed E-state index contributed by atoms with van der Waals surface area (Å²) < 4.78 is 53.6. The predicted molar refractivity (Wildman–Crippen MR) is 110 cm³/mol. The molecule has 2 atom stereocenters. The molecule has 1 saturated heterocycles. The number of hydrogen-bond donors (Lipinski definition) is 3. The van der Waals surface area contributed by atoms with Crippen LogP contribution in [0.2, 0.25) is 0 Å². The number of aliphatic hydroxyl groups excluding tert-OH is 1. The van der Waals surface area contributed by atoms with E-state index in [-0.39, 0.29) is 11.1 Å². The highest BCUT2D eigenvalue weighted by Crippen LogP contribution is 2.32. The van der Waals surface area contributed by atoms with Gasteiger partial charge in [-0.15, -0.1) is 0 Å². The second kappa shape index (κ2) is 8.36. The lowest BCUT2D eigenvalue weighted by Crippen LogP contribution is -2.31. The number of carbonyl (C=O) groups is 1. The van der Waals surface area contributed by atoms with Crippen molar-refractivity contribution in [1.82, 2.24) is 9.88 Å². The molecule has 4 rings (SSSR count). The molecule has 1 aliphatic rings. The molecule has 0 radical (unpaired) electrons. The van der Waals surface area contributed by atoms with E-state index in [0.29, 0.717) is 41.7 Å². The van der Waals surface area contributed by atoms with E-state index in [1.54, 1.807) is 24.3 Å². The number of nitrogens with one attached hydrogen (secondary N) is 2. The summed E-state index contributed by atoms with van der Waals surface area (Å²) in [6.45, 7) is 0.825. The minimum absolute atomic E-state index is 0.00142. The Bertz CT molecular complexity index is 1240. The van der Waals surface area contributed by atoms with E-state index in [1.807, 2.05) is 0 Å². The van der Waals surface area contributed by atoms with E-state index < -0.39 is 42.0 Å². The van der Waals surface area contributed by atoms with Gasteiger partial charge in [-0.3, -0.25) is 9.59 Å². The number of fused-ring (bicyclic) bond motifs is 1. The number of hydrogen-bond acceptors (Lipinski definition) is 4. The number of anilines is 1. The van der Waals surface area contributed by atoms with Crippen LogP contribution in [0.3, 0.4) is 0 Å². The van der Waals surface area contributed by atoms with Gasteiger partial charge in [0.25, 0.3) is 5.56 Å². The van der Waals surface area contributed by atoms with Crippen LogP contribution in [0.15, 0.2) is 53.5 Å². The zero-order chi connectivity index (χ0) is 23.0. The zero-order valence-electron chi connectivity index (χ0n) is 16.6. The number of carbonyl (C=O) groups excluding carboxylic acids is 1. The van der Waals surface area contributed by atoms with Gasteiger partial charge < -0.3 is 20.3 Å². The second-order valence-corrected chi connectivity index (χ2v) is 7.62. The number of alkyl halides is 3. The van der Waals surface area contributed by atoms with Gasteiger partial charge in [-0.2, -0.15) is 13.2 Å². The summed E-state index contributed by atoms with van der Waals surface area (Å²) in [6.07, 6.45) is -4.44. The van der Waals surface area contributed by atoms with Crippen LogP contribution < -0.4 is 16.2 Å². The van der Waals surface area contributed by atoms with Crippen LogP contribution in [-0.2, 0) is 17.4 Å². The van der Waals surface area contributed by atoms with Gasteiger partial charge in [0.1, 0.15) is 5.82 Å². The summed E-state index contributed by atoms with van der Waals surface area (Å²) in [6, 6.07) is 8.37. The molecule has 0 spiro atoms. The first-order valence-corrected chi connectivity index (χ1v) is 9.83. The quantitative estimate of drug-likeness (QED) is 0.535. The lowest BCUT2D eigenvalue weighted by atomic mass is 10.1. The van der Waals surface area contributed by atoms with Crippen molar-refractivity contribution < 1.29 is 27.5 Å². The molecule has 1 amide bonds. The van der Waals surface area contributed by atoms with Crippen molar-refractivity contribution in [1.29, 1.82) is 0 Å². The third-order valence-electron chi connectivity index (χ3n) is 5.46. The molecule has 168 valence electrons. The first-order valence-electron chi connectivity index (χ1n) is 9.83. The molecule has 3 aromatic rings. The maximum atomic E-state index is 13.5. The summed E-state index contributed by atoms with van der Waals surface area (Å²) >= 11 is 0. The molecule has 0 bridgehead atoms. The minimum atomic E-state index is -4.87. The Morgan fingerprint density at radius 1 is 1.16 bits per heavy atom. The van der Waals surface area contributed by atoms with E-state index in [4.69, 9.17) is 0 Å². The normalized spacial score (nSPS) is 18.8. The fourth-order valence-electron chi connectivity index (χ4n) is 3.88. The van der Waals surface area contributed by atoms with Crippen molar-refractivity contribution in [3.63, 3.8) is 0 Å². The molecule has 1 aliphatic heterocycles. The van der Waals surface area contributed by atoms with E-state index in [0.717, 1.165) is 6.07 Å². The lowest BCUT2D eigenvalue weighted by Gasteiger charge is -2.18. The van der Waals surface area contributed by atoms with Crippen LogP contribution in [0.5, 0.6) is 0 Å². The second-order valence-electron chi connectivity index (χ2n) is 7.62.